The van der Waals surface area contributed by atoms with E-state index in [1.165, 1.54) is 12.1 Å². The van der Waals surface area contributed by atoms with Gasteiger partial charge in [0.05, 0.1) is 0 Å². The molecule has 6 heteroatoms. The van der Waals surface area contributed by atoms with Crippen LogP contribution >= 0.6 is 0 Å². The number of aromatic nitrogens is 1. The zero-order chi connectivity index (χ0) is 21.3. The lowest BCUT2D eigenvalue weighted by Gasteiger charge is -2.25. The number of carbonyl (C=O) groups excluding carboxylic acids is 1. The number of hydrogen-bond donors (Lipinski definition) is 0. The van der Waals surface area contributed by atoms with Crippen LogP contribution in [0.15, 0.2) is 73.1 Å². The summed E-state index contributed by atoms with van der Waals surface area (Å²) in [5.41, 5.74) is 2.39. The van der Waals surface area contributed by atoms with Crippen molar-refractivity contribution in [2.24, 2.45) is 0 Å². The third-order valence-corrected chi connectivity index (χ3v) is 4.60. The summed E-state index contributed by atoms with van der Waals surface area (Å²) in [6.45, 7) is 2.08. The van der Waals surface area contributed by atoms with Gasteiger partial charge in [-0.2, -0.15) is 0 Å². The summed E-state index contributed by atoms with van der Waals surface area (Å²) in [5, 5.41) is 0. The van der Waals surface area contributed by atoms with Crippen molar-refractivity contribution in [1.29, 1.82) is 0 Å². The zero-order valence-corrected chi connectivity index (χ0v) is 17.3. The SMILES string of the molecule is CN(C)CCN(Cc1ccc(F)cc1)C(=O)c1cccc(OCc2cccnc2)c1. The first kappa shape index (κ1) is 21.5. The topological polar surface area (TPSA) is 45.7 Å². The van der Waals surface area contributed by atoms with Crippen LogP contribution in [0.25, 0.3) is 0 Å². The molecule has 0 N–H and O–H groups in total. The molecular weight excluding hydrogens is 381 g/mol. The van der Waals surface area contributed by atoms with Crippen LogP contribution in [0.3, 0.4) is 0 Å². The molecule has 3 aromatic rings. The third kappa shape index (κ3) is 6.39. The van der Waals surface area contributed by atoms with Crippen LogP contribution in [-0.4, -0.2) is 47.9 Å². The van der Waals surface area contributed by atoms with Crippen LogP contribution < -0.4 is 4.74 Å². The molecule has 0 spiro atoms. The summed E-state index contributed by atoms with van der Waals surface area (Å²) in [5.74, 6) is 0.246. The first-order chi connectivity index (χ1) is 14.5. The fourth-order valence-electron chi connectivity index (χ4n) is 2.93. The highest BCUT2D eigenvalue weighted by Gasteiger charge is 2.17. The minimum absolute atomic E-state index is 0.0898. The average molecular weight is 407 g/mol. The average Bonchev–Trinajstić information content (AvgIpc) is 2.77. The molecule has 0 aliphatic heterocycles. The molecule has 1 amide bonds. The number of amides is 1. The van der Waals surface area contributed by atoms with Gasteiger partial charge in [-0.25, -0.2) is 4.39 Å². The number of pyridine rings is 1. The molecule has 0 aliphatic rings. The quantitative estimate of drug-likeness (QED) is 0.538. The molecule has 1 heterocycles. The highest BCUT2D eigenvalue weighted by Crippen LogP contribution is 2.18. The molecule has 5 nitrogen and oxygen atoms in total. The molecule has 30 heavy (non-hydrogen) atoms. The molecule has 0 radical (unpaired) electrons. The Morgan fingerprint density at radius 3 is 2.50 bits per heavy atom. The molecule has 3 rings (SSSR count). The van der Waals surface area contributed by atoms with E-state index in [2.05, 4.69) is 4.98 Å². The predicted molar refractivity (Wildman–Crippen MR) is 115 cm³/mol. The van der Waals surface area contributed by atoms with Gasteiger partial charge in [0, 0.05) is 43.2 Å². The predicted octanol–water partition coefficient (Wildman–Crippen LogP) is 4.00. The number of rotatable bonds is 9. The fraction of sp³-hybridized carbons (Fsp3) is 0.250. The molecule has 0 saturated heterocycles. The van der Waals surface area contributed by atoms with E-state index in [0.29, 0.717) is 31.0 Å². The number of hydrogen-bond acceptors (Lipinski definition) is 4. The summed E-state index contributed by atoms with van der Waals surface area (Å²) in [7, 11) is 3.93. The number of carbonyl (C=O) groups is 1. The Labute approximate surface area is 176 Å². The second-order valence-corrected chi connectivity index (χ2v) is 7.33. The van der Waals surface area contributed by atoms with Gasteiger partial charge >= 0.3 is 0 Å². The van der Waals surface area contributed by atoms with Crippen molar-refractivity contribution in [2.75, 3.05) is 27.2 Å². The number of likely N-dealkylation sites (N-methyl/N-ethyl adjacent to an activating group) is 1. The van der Waals surface area contributed by atoms with E-state index in [1.54, 1.807) is 41.6 Å². The van der Waals surface area contributed by atoms with Gasteiger partial charge in [-0.15, -0.1) is 0 Å². The molecule has 0 unspecified atom stereocenters. The van der Waals surface area contributed by atoms with E-state index >= 15 is 0 Å². The van der Waals surface area contributed by atoms with E-state index in [9.17, 15) is 9.18 Å². The van der Waals surface area contributed by atoms with Crippen molar-refractivity contribution in [3.8, 4) is 5.75 Å². The lowest BCUT2D eigenvalue weighted by molar-refractivity contribution is 0.0731. The lowest BCUT2D eigenvalue weighted by atomic mass is 10.1. The molecule has 156 valence electrons. The maximum atomic E-state index is 13.2. The first-order valence-electron chi connectivity index (χ1n) is 9.81. The summed E-state index contributed by atoms with van der Waals surface area (Å²) < 4.78 is 19.1. The summed E-state index contributed by atoms with van der Waals surface area (Å²) in [6, 6.07) is 17.2. The molecule has 0 fully saturated rings. The smallest absolute Gasteiger partial charge is 0.254 e. The Balaban J connectivity index is 1.73. The van der Waals surface area contributed by atoms with Gasteiger partial charge in [0.15, 0.2) is 0 Å². The first-order valence-corrected chi connectivity index (χ1v) is 9.81. The highest BCUT2D eigenvalue weighted by molar-refractivity contribution is 5.94. The molecule has 0 bridgehead atoms. The van der Waals surface area contributed by atoms with Crippen molar-refractivity contribution in [1.82, 2.24) is 14.8 Å². The van der Waals surface area contributed by atoms with Gasteiger partial charge in [0.1, 0.15) is 18.2 Å². The van der Waals surface area contributed by atoms with E-state index in [1.807, 2.05) is 43.3 Å². The molecule has 2 aromatic carbocycles. The number of benzene rings is 2. The molecule has 1 aromatic heterocycles. The van der Waals surface area contributed by atoms with Gasteiger partial charge in [0.25, 0.3) is 5.91 Å². The van der Waals surface area contributed by atoms with Crippen LogP contribution in [-0.2, 0) is 13.2 Å². The molecule has 0 saturated carbocycles. The van der Waals surface area contributed by atoms with E-state index in [-0.39, 0.29) is 11.7 Å². The number of nitrogens with zero attached hydrogens (tertiary/aromatic N) is 3. The van der Waals surface area contributed by atoms with E-state index < -0.39 is 0 Å². The van der Waals surface area contributed by atoms with Gasteiger partial charge < -0.3 is 14.5 Å². The van der Waals surface area contributed by atoms with Gasteiger partial charge in [-0.1, -0.05) is 24.3 Å². The highest BCUT2D eigenvalue weighted by atomic mass is 19.1. The minimum atomic E-state index is -0.289. The van der Waals surface area contributed by atoms with Gasteiger partial charge in [-0.05, 0) is 56.1 Å². The van der Waals surface area contributed by atoms with E-state index in [4.69, 9.17) is 4.74 Å². The van der Waals surface area contributed by atoms with Crippen LogP contribution in [0.4, 0.5) is 4.39 Å². The van der Waals surface area contributed by atoms with Crippen LogP contribution in [0, 0.1) is 5.82 Å². The molecular formula is C24H26FN3O2. The van der Waals surface area contributed by atoms with Crippen molar-refractivity contribution in [3.05, 3.63) is 95.6 Å². The maximum absolute atomic E-state index is 13.2. The lowest BCUT2D eigenvalue weighted by Crippen LogP contribution is -2.36. The second kappa shape index (κ2) is 10.5. The molecule has 0 atom stereocenters. The van der Waals surface area contributed by atoms with Crippen molar-refractivity contribution < 1.29 is 13.9 Å². The summed E-state index contributed by atoms with van der Waals surface area (Å²) in [4.78, 5) is 21.1. The van der Waals surface area contributed by atoms with Crippen molar-refractivity contribution in [3.63, 3.8) is 0 Å². The minimum Gasteiger partial charge on any atom is -0.489 e. The summed E-state index contributed by atoms with van der Waals surface area (Å²) in [6.07, 6.45) is 3.47. The van der Waals surface area contributed by atoms with Gasteiger partial charge in [0.2, 0.25) is 0 Å². The van der Waals surface area contributed by atoms with Crippen molar-refractivity contribution in [2.45, 2.75) is 13.2 Å². The summed E-state index contributed by atoms with van der Waals surface area (Å²) >= 11 is 0. The maximum Gasteiger partial charge on any atom is 0.254 e. The Kier molecular flexibility index (Phi) is 7.51. The standard InChI is InChI=1S/C24H26FN3O2/c1-27(2)13-14-28(17-19-8-10-22(25)11-9-19)24(29)21-6-3-7-23(15-21)30-18-20-5-4-12-26-16-20/h3-12,15-16H,13-14,17-18H2,1-2H3. The largest absolute Gasteiger partial charge is 0.489 e. The van der Waals surface area contributed by atoms with Crippen LogP contribution in [0.5, 0.6) is 5.75 Å². The Morgan fingerprint density at radius 2 is 1.80 bits per heavy atom. The fourth-order valence-corrected chi connectivity index (χ4v) is 2.93. The number of ether oxygens (including phenoxy) is 1. The third-order valence-electron chi connectivity index (χ3n) is 4.60. The van der Waals surface area contributed by atoms with Gasteiger partial charge in [-0.3, -0.25) is 9.78 Å². The molecule has 0 aliphatic carbocycles. The van der Waals surface area contributed by atoms with Crippen LogP contribution in [0.1, 0.15) is 21.5 Å². The number of halogens is 1. The zero-order valence-electron chi connectivity index (χ0n) is 17.3. The Bertz CT molecular complexity index is 946. The van der Waals surface area contributed by atoms with Crippen LogP contribution in [0.2, 0.25) is 0 Å². The van der Waals surface area contributed by atoms with Crippen molar-refractivity contribution >= 4 is 5.91 Å². The normalized spacial score (nSPS) is 10.8. The van der Waals surface area contributed by atoms with E-state index in [0.717, 1.165) is 17.7 Å². The monoisotopic (exact) mass is 407 g/mol. The Hall–Kier alpha value is -3.25. The second-order valence-electron chi connectivity index (χ2n) is 7.33. The Morgan fingerprint density at radius 1 is 1.00 bits per heavy atom.